The molecule has 0 unspecified atom stereocenters. The third kappa shape index (κ3) is 3.56. The van der Waals surface area contributed by atoms with Crippen LogP contribution in [0.3, 0.4) is 0 Å². The highest BCUT2D eigenvalue weighted by molar-refractivity contribution is 6.35. The van der Waals surface area contributed by atoms with Crippen molar-refractivity contribution >= 4 is 23.2 Å². The zero-order chi connectivity index (χ0) is 22.2. The van der Waals surface area contributed by atoms with Crippen LogP contribution in [0.2, 0.25) is 0 Å². The van der Waals surface area contributed by atoms with Crippen LogP contribution in [0, 0.1) is 10.1 Å². The molecular weight excluding hydrogens is 384 g/mol. The Labute approximate surface area is 175 Å². The minimum Gasteiger partial charge on any atom is -0.487 e. The molecule has 3 rings (SSSR count). The van der Waals surface area contributed by atoms with Crippen LogP contribution in [0.4, 0.5) is 11.4 Å². The highest BCUT2D eigenvalue weighted by Gasteiger charge is 2.41. The van der Waals surface area contributed by atoms with E-state index in [0.717, 1.165) is 17.2 Å². The van der Waals surface area contributed by atoms with Crippen molar-refractivity contribution in [2.75, 3.05) is 11.5 Å². The number of benzene rings is 2. The van der Waals surface area contributed by atoms with Gasteiger partial charge in [0.1, 0.15) is 0 Å². The number of anilines is 1. The number of nitrogens with zero attached hydrogens (tertiary/aromatic N) is 2. The molecule has 2 amide bonds. The number of rotatable bonds is 7. The number of amides is 2. The summed E-state index contributed by atoms with van der Waals surface area (Å²) in [6, 6.07) is 8.24. The Kier molecular flexibility index (Phi) is 5.92. The van der Waals surface area contributed by atoms with Gasteiger partial charge in [0.25, 0.3) is 11.8 Å². The number of ether oxygens (including phenoxy) is 1. The molecule has 0 spiro atoms. The van der Waals surface area contributed by atoms with Gasteiger partial charge in [0, 0.05) is 12.1 Å². The number of imide groups is 1. The van der Waals surface area contributed by atoms with Crippen LogP contribution in [0.5, 0.6) is 5.75 Å². The van der Waals surface area contributed by atoms with E-state index >= 15 is 0 Å². The maximum Gasteiger partial charge on any atom is 0.311 e. The summed E-state index contributed by atoms with van der Waals surface area (Å²) in [5, 5.41) is 11.5. The summed E-state index contributed by atoms with van der Waals surface area (Å²) in [5.41, 5.74) is 2.19. The summed E-state index contributed by atoms with van der Waals surface area (Å²) in [5.74, 6) is -0.859. The van der Waals surface area contributed by atoms with E-state index in [2.05, 4.69) is 0 Å². The van der Waals surface area contributed by atoms with Gasteiger partial charge in [-0.2, -0.15) is 0 Å². The van der Waals surface area contributed by atoms with Gasteiger partial charge in [0.15, 0.2) is 5.75 Å². The number of fused-ring (bicyclic) bond motifs is 1. The second-order valence-corrected chi connectivity index (χ2v) is 8.01. The average Bonchev–Trinajstić information content (AvgIpc) is 2.94. The second-order valence-electron chi connectivity index (χ2n) is 8.01. The second kappa shape index (κ2) is 8.26. The van der Waals surface area contributed by atoms with Crippen molar-refractivity contribution in [2.45, 2.75) is 52.9 Å². The SMILES string of the molecule is CCCOc1cc2c(cc1[N+](=O)[O-])C(=O)N(c1c(C(C)C)cccc1C(C)C)C2=O. The van der Waals surface area contributed by atoms with Gasteiger partial charge in [0.05, 0.1) is 28.3 Å². The number of hydrogen-bond donors (Lipinski definition) is 0. The van der Waals surface area contributed by atoms with Crippen LogP contribution < -0.4 is 9.64 Å². The lowest BCUT2D eigenvalue weighted by Crippen LogP contribution is -2.31. The van der Waals surface area contributed by atoms with Crippen molar-refractivity contribution in [3.05, 3.63) is 62.7 Å². The Morgan fingerprint density at radius 2 is 1.53 bits per heavy atom. The van der Waals surface area contributed by atoms with Crippen molar-refractivity contribution in [3.63, 3.8) is 0 Å². The van der Waals surface area contributed by atoms with Crippen molar-refractivity contribution in [2.24, 2.45) is 0 Å². The Balaban J connectivity index is 2.20. The third-order valence-corrected chi connectivity index (χ3v) is 5.19. The van der Waals surface area contributed by atoms with E-state index in [1.165, 1.54) is 11.0 Å². The van der Waals surface area contributed by atoms with Crippen molar-refractivity contribution in [1.82, 2.24) is 0 Å². The predicted octanol–water partition coefficient (Wildman–Crippen LogP) is 5.43. The first-order valence-corrected chi connectivity index (χ1v) is 10.2. The summed E-state index contributed by atoms with van der Waals surface area (Å²) >= 11 is 0. The van der Waals surface area contributed by atoms with Gasteiger partial charge in [0.2, 0.25) is 0 Å². The fraction of sp³-hybridized carbons (Fsp3) is 0.391. The molecule has 1 aliphatic heterocycles. The summed E-state index contributed by atoms with van der Waals surface area (Å²) in [6.07, 6.45) is 0.659. The molecule has 2 aromatic rings. The molecule has 2 aromatic carbocycles. The summed E-state index contributed by atoms with van der Waals surface area (Å²) in [4.78, 5) is 38.7. The molecule has 0 aliphatic carbocycles. The van der Waals surface area contributed by atoms with Gasteiger partial charge in [-0.3, -0.25) is 19.7 Å². The van der Waals surface area contributed by atoms with Gasteiger partial charge in [-0.1, -0.05) is 52.8 Å². The Morgan fingerprint density at radius 1 is 1.00 bits per heavy atom. The number of hydrogen-bond acceptors (Lipinski definition) is 5. The van der Waals surface area contributed by atoms with Gasteiger partial charge >= 0.3 is 5.69 Å². The smallest absolute Gasteiger partial charge is 0.311 e. The van der Waals surface area contributed by atoms with Crippen LogP contribution in [0.25, 0.3) is 0 Å². The lowest BCUT2D eigenvalue weighted by atomic mass is 9.92. The monoisotopic (exact) mass is 410 g/mol. The van der Waals surface area contributed by atoms with Crippen LogP contribution in [-0.4, -0.2) is 23.3 Å². The first kappa shape index (κ1) is 21.5. The molecule has 0 fully saturated rings. The van der Waals surface area contributed by atoms with Gasteiger partial charge < -0.3 is 4.74 Å². The van der Waals surface area contributed by atoms with Crippen molar-refractivity contribution in [3.8, 4) is 5.75 Å². The minimum absolute atomic E-state index is 0.00447. The third-order valence-electron chi connectivity index (χ3n) is 5.19. The molecule has 0 saturated heterocycles. The van der Waals surface area contributed by atoms with Crippen LogP contribution in [-0.2, 0) is 0 Å². The van der Waals surface area contributed by atoms with E-state index in [9.17, 15) is 19.7 Å². The molecule has 0 bridgehead atoms. The van der Waals surface area contributed by atoms with E-state index in [0.29, 0.717) is 12.1 Å². The van der Waals surface area contributed by atoms with Crippen LogP contribution >= 0.6 is 0 Å². The minimum atomic E-state index is -0.590. The predicted molar refractivity (Wildman–Crippen MR) is 115 cm³/mol. The highest BCUT2D eigenvalue weighted by atomic mass is 16.6. The summed E-state index contributed by atoms with van der Waals surface area (Å²) in [6.45, 7) is 10.2. The van der Waals surface area contributed by atoms with Gasteiger partial charge in [-0.15, -0.1) is 0 Å². The fourth-order valence-corrected chi connectivity index (χ4v) is 3.70. The maximum absolute atomic E-state index is 13.3. The Hall–Kier alpha value is -3.22. The lowest BCUT2D eigenvalue weighted by Gasteiger charge is -2.25. The lowest BCUT2D eigenvalue weighted by molar-refractivity contribution is -0.385. The zero-order valence-corrected chi connectivity index (χ0v) is 17.9. The molecule has 1 heterocycles. The first-order valence-electron chi connectivity index (χ1n) is 10.2. The van der Waals surface area contributed by atoms with E-state index in [1.807, 2.05) is 52.8 Å². The summed E-state index contributed by atoms with van der Waals surface area (Å²) < 4.78 is 5.50. The maximum atomic E-state index is 13.3. The average molecular weight is 410 g/mol. The number of carbonyl (C=O) groups excluding carboxylic acids is 2. The number of nitro groups is 1. The molecule has 0 radical (unpaired) electrons. The largest absolute Gasteiger partial charge is 0.487 e. The normalized spacial score (nSPS) is 13.4. The van der Waals surface area contributed by atoms with E-state index in [-0.39, 0.29) is 41.0 Å². The topological polar surface area (TPSA) is 89.8 Å². The standard InChI is InChI=1S/C23H26N2O5/c1-6-10-30-20-12-18-17(11-19(20)25(28)29)22(26)24(23(18)27)21-15(13(2)3)8-7-9-16(21)14(4)5/h7-9,11-14H,6,10H2,1-5H3. The van der Waals surface area contributed by atoms with Gasteiger partial charge in [-0.25, -0.2) is 4.90 Å². The van der Waals surface area contributed by atoms with Gasteiger partial charge in [-0.05, 0) is 29.4 Å². The molecule has 7 nitrogen and oxygen atoms in total. The van der Waals surface area contributed by atoms with E-state index in [4.69, 9.17) is 4.74 Å². The first-order chi connectivity index (χ1) is 14.2. The number of nitro benzene ring substituents is 1. The number of carbonyl (C=O) groups is 2. The molecule has 0 atom stereocenters. The summed E-state index contributed by atoms with van der Waals surface area (Å²) in [7, 11) is 0. The molecule has 1 aliphatic rings. The fourth-order valence-electron chi connectivity index (χ4n) is 3.70. The van der Waals surface area contributed by atoms with Crippen LogP contribution in [0.15, 0.2) is 30.3 Å². The molecule has 30 heavy (non-hydrogen) atoms. The Morgan fingerprint density at radius 3 is 2.00 bits per heavy atom. The van der Waals surface area contributed by atoms with Crippen LogP contribution in [0.1, 0.15) is 84.7 Å². The van der Waals surface area contributed by atoms with E-state index in [1.54, 1.807) is 0 Å². The Bertz CT molecular complexity index is 1000. The molecule has 158 valence electrons. The molecule has 7 heteroatoms. The quantitative estimate of drug-likeness (QED) is 0.345. The molecule has 0 saturated carbocycles. The number of para-hydroxylation sites is 1. The van der Waals surface area contributed by atoms with Crippen molar-refractivity contribution in [1.29, 1.82) is 0 Å². The molecule has 0 N–H and O–H groups in total. The molecule has 0 aromatic heterocycles. The van der Waals surface area contributed by atoms with Crippen molar-refractivity contribution < 1.29 is 19.2 Å². The zero-order valence-electron chi connectivity index (χ0n) is 17.9. The molecular formula is C23H26N2O5. The highest BCUT2D eigenvalue weighted by Crippen LogP contribution is 2.41. The van der Waals surface area contributed by atoms with E-state index < -0.39 is 16.7 Å².